The first-order valence-corrected chi connectivity index (χ1v) is 18.8. The number of hydrogen-bond donors (Lipinski definition) is 2. The maximum absolute atomic E-state index is 12.2. The molecule has 2 N–H and O–H groups in total. The van der Waals surface area contributed by atoms with Gasteiger partial charge < -0.3 is 24.2 Å². The molecule has 260 valence electrons. The van der Waals surface area contributed by atoms with Crippen LogP contribution in [0, 0.1) is 0 Å². The Morgan fingerprint density at radius 2 is 1.08 bits per heavy atom. The van der Waals surface area contributed by atoms with E-state index in [0.717, 1.165) is 57.4 Å². The third-order valence-electron chi connectivity index (χ3n) is 7.36. The molecule has 4 aromatic carbocycles. The van der Waals surface area contributed by atoms with Gasteiger partial charge in [-0.1, -0.05) is 101 Å². The van der Waals surface area contributed by atoms with Crippen LogP contribution in [0.5, 0.6) is 34.5 Å². The van der Waals surface area contributed by atoms with E-state index in [4.69, 9.17) is 9.47 Å². The predicted molar refractivity (Wildman–Crippen MR) is 186 cm³/mol. The van der Waals surface area contributed by atoms with E-state index in [1.54, 1.807) is 54.6 Å². The molecule has 0 unspecified atom stereocenters. The van der Waals surface area contributed by atoms with Crippen LogP contribution in [0.4, 0.5) is 0 Å². The van der Waals surface area contributed by atoms with Gasteiger partial charge in [0.2, 0.25) is 0 Å². The molecule has 0 aromatic heterocycles. The van der Waals surface area contributed by atoms with E-state index in [1.807, 2.05) is 6.07 Å². The minimum absolute atomic E-state index is 0. The first kappa shape index (κ1) is 42.3. The maximum atomic E-state index is 12.2. The van der Waals surface area contributed by atoms with Gasteiger partial charge in [-0.05, 0) is 73.2 Å². The SMILES string of the molecule is CCCCCCc1cc(O)c(Oc2ccccc2)cc1S(=O)(=O)O.CCCCCCc1cc([O-])c(Oc2ccccc2)cc1S(=O)(=O)[O-].[Ca+2]. The predicted octanol–water partition coefficient (Wildman–Crippen LogP) is 7.75. The summed E-state index contributed by atoms with van der Waals surface area (Å²) in [6.07, 6.45) is 8.45. The molecule has 13 heteroatoms. The molecule has 0 amide bonds. The van der Waals surface area contributed by atoms with Crippen molar-refractivity contribution < 1.29 is 45.6 Å². The van der Waals surface area contributed by atoms with E-state index in [0.29, 0.717) is 29.9 Å². The zero-order chi connectivity index (χ0) is 35.2. The van der Waals surface area contributed by atoms with Crippen molar-refractivity contribution >= 4 is 58.0 Å². The maximum Gasteiger partial charge on any atom is 2.00 e. The van der Waals surface area contributed by atoms with Gasteiger partial charge in [0.1, 0.15) is 32.3 Å². The number of para-hydroxylation sites is 2. The molecule has 0 spiro atoms. The van der Waals surface area contributed by atoms with E-state index in [1.165, 1.54) is 18.2 Å². The van der Waals surface area contributed by atoms with Crippen LogP contribution in [-0.4, -0.2) is 68.8 Å². The Morgan fingerprint density at radius 3 is 1.53 bits per heavy atom. The van der Waals surface area contributed by atoms with Crippen LogP contribution < -0.4 is 14.6 Å². The molecular weight excluding hydrogens is 697 g/mol. The molecule has 0 saturated carbocycles. The molecule has 10 nitrogen and oxygen atoms in total. The number of hydrogen-bond acceptors (Lipinski definition) is 9. The fourth-order valence-corrected chi connectivity index (χ4v) is 6.40. The number of unbranched alkanes of at least 4 members (excludes halogenated alkanes) is 6. The molecule has 0 atom stereocenters. The first-order chi connectivity index (χ1) is 22.8. The smallest absolute Gasteiger partial charge is 0.870 e. The minimum Gasteiger partial charge on any atom is -0.870 e. The van der Waals surface area contributed by atoms with Crippen molar-refractivity contribution in [1.29, 1.82) is 0 Å². The number of phenolic OH excluding ortho intramolecular Hbond substituents is 1. The Kier molecular flexibility index (Phi) is 17.9. The fraction of sp³-hybridized carbons (Fsp3) is 0.333. The second-order valence-electron chi connectivity index (χ2n) is 11.2. The molecule has 4 aromatic rings. The topological polar surface area (TPSA) is 173 Å². The normalized spacial score (nSPS) is 11.2. The molecule has 0 aliphatic carbocycles. The van der Waals surface area contributed by atoms with Crippen molar-refractivity contribution in [1.82, 2.24) is 0 Å². The fourth-order valence-electron chi connectivity index (χ4n) is 4.92. The van der Waals surface area contributed by atoms with Gasteiger partial charge in [-0.25, -0.2) is 8.42 Å². The second-order valence-corrected chi connectivity index (χ2v) is 14.0. The summed E-state index contributed by atoms with van der Waals surface area (Å²) in [5, 5.41) is 22.3. The molecule has 0 bridgehead atoms. The summed E-state index contributed by atoms with van der Waals surface area (Å²) >= 11 is 0. The summed E-state index contributed by atoms with van der Waals surface area (Å²) < 4.78 is 78.4. The number of benzene rings is 4. The summed E-state index contributed by atoms with van der Waals surface area (Å²) in [6.45, 7) is 4.16. The van der Waals surface area contributed by atoms with Crippen molar-refractivity contribution in [2.24, 2.45) is 0 Å². The quantitative estimate of drug-likeness (QED) is 0.0657. The Hall–Kier alpha value is -2.84. The number of aryl methyl sites for hydroxylation is 2. The molecule has 0 aliphatic heterocycles. The van der Waals surface area contributed by atoms with Gasteiger partial charge in [-0.2, -0.15) is 8.42 Å². The van der Waals surface area contributed by atoms with E-state index >= 15 is 0 Å². The van der Waals surface area contributed by atoms with Gasteiger partial charge in [0.15, 0.2) is 11.5 Å². The monoisotopic (exact) mass is 738 g/mol. The number of phenols is 1. The zero-order valence-electron chi connectivity index (χ0n) is 27.8. The summed E-state index contributed by atoms with van der Waals surface area (Å²) in [5.74, 6) is 0.108. The van der Waals surface area contributed by atoms with Crippen LogP contribution >= 0.6 is 0 Å². The van der Waals surface area contributed by atoms with E-state index in [-0.39, 0.29) is 70.3 Å². The standard InChI is InChI=1S/2C18H22O5S.Ca/c2*1-2-3-4-6-9-14-12-16(19)17(13-18(14)24(20,21)22)23-15-10-7-5-8-11-15;/h2*5,7-8,10-13,19H,2-4,6,9H2,1H3,(H,20,21,22);/q;;+2/p-2. The second kappa shape index (κ2) is 20.7. The van der Waals surface area contributed by atoms with Gasteiger partial charge in [-0.3, -0.25) is 4.55 Å². The van der Waals surface area contributed by atoms with Crippen LogP contribution in [0.3, 0.4) is 0 Å². The molecule has 0 radical (unpaired) electrons. The van der Waals surface area contributed by atoms with Gasteiger partial charge >= 0.3 is 37.7 Å². The van der Waals surface area contributed by atoms with Crippen molar-refractivity contribution in [2.75, 3.05) is 0 Å². The van der Waals surface area contributed by atoms with E-state index < -0.39 is 26.0 Å². The van der Waals surface area contributed by atoms with Gasteiger partial charge in [0.25, 0.3) is 10.1 Å². The summed E-state index contributed by atoms with van der Waals surface area (Å²) in [7, 11) is -9.08. The average Bonchev–Trinajstić information content (AvgIpc) is 3.04. The molecule has 0 heterocycles. The van der Waals surface area contributed by atoms with Crippen molar-refractivity contribution in [3.05, 3.63) is 96.1 Å². The van der Waals surface area contributed by atoms with E-state index in [9.17, 15) is 36.2 Å². The van der Waals surface area contributed by atoms with E-state index in [2.05, 4.69) is 13.8 Å². The van der Waals surface area contributed by atoms with Gasteiger partial charge in [0, 0.05) is 6.07 Å². The molecule has 4 rings (SSSR count). The number of aromatic hydroxyl groups is 1. The van der Waals surface area contributed by atoms with Crippen LogP contribution in [0.2, 0.25) is 0 Å². The van der Waals surface area contributed by atoms with Gasteiger partial charge in [0.05, 0.1) is 4.90 Å². The van der Waals surface area contributed by atoms with Crippen molar-refractivity contribution in [2.45, 2.75) is 87.8 Å². The Balaban J connectivity index is 0.000000333. The summed E-state index contributed by atoms with van der Waals surface area (Å²) in [4.78, 5) is -0.591. The van der Waals surface area contributed by atoms with Crippen LogP contribution in [0.15, 0.2) is 94.7 Å². The van der Waals surface area contributed by atoms with Crippen molar-refractivity contribution in [3.8, 4) is 34.5 Å². The Morgan fingerprint density at radius 1 is 0.633 bits per heavy atom. The Bertz CT molecular complexity index is 1680. The van der Waals surface area contributed by atoms with Crippen LogP contribution in [0.25, 0.3) is 0 Å². The van der Waals surface area contributed by atoms with Crippen LogP contribution in [-0.2, 0) is 33.1 Å². The average molecular weight is 739 g/mol. The largest absolute Gasteiger partial charge is 2.00 e. The molecular formula is C36H42CaO10S2. The van der Waals surface area contributed by atoms with Crippen molar-refractivity contribution in [3.63, 3.8) is 0 Å². The first-order valence-electron chi connectivity index (χ1n) is 15.9. The Labute approximate surface area is 319 Å². The zero-order valence-corrected chi connectivity index (χ0v) is 31.7. The third kappa shape index (κ3) is 14.1. The minimum atomic E-state index is -4.68. The molecule has 0 fully saturated rings. The molecule has 49 heavy (non-hydrogen) atoms. The summed E-state index contributed by atoms with van der Waals surface area (Å²) in [6, 6.07) is 22.0. The molecule has 0 aliphatic rings. The van der Waals surface area contributed by atoms with Gasteiger partial charge in [-0.15, -0.1) is 0 Å². The third-order valence-corrected chi connectivity index (χ3v) is 9.21. The summed E-state index contributed by atoms with van der Waals surface area (Å²) in [5.41, 5.74) is 0.665. The van der Waals surface area contributed by atoms with Crippen LogP contribution in [0.1, 0.15) is 76.3 Å². The number of ether oxygens (including phenoxy) is 2. The molecule has 0 saturated heterocycles. The number of rotatable bonds is 16.